The van der Waals surface area contributed by atoms with E-state index in [1.165, 1.54) is 4.88 Å². The Kier molecular flexibility index (Phi) is 3.87. The summed E-state index contributed by atoms with van der Waals surface area (Å²) in [6, 6.07) is 9.39. The van der Waals surface area contributed by atoms with Crippen LogP contribution in [0, 0.1) is 0 Å². The van der Waals surface area contributed by atoms with Crippen LogP contribution in [0.1, 0.15) is 16.9 Å². The van der Waals surface area contributed by atoms with Crippen molar-refractivity contribution in [1.29, 1.82) is 0 Å². The standard InChI is InChI=1S/C15H14N2O3S/c18-14(6-4-11-2-1-7-21-11)16-9-10-3-5-12-13(8-10)20-15(19)17-12/h1-3,5,7-8H,4,6,9H2,(H,16,18)(H,17,19). The average Bonchev–Trinajstić information content (AvgIpc) is 3.10. The van der Waals surface area contributed by atoms with Gasteiger partial charge in [0, 0.05) is 17.8 Å². The number of oxazole rings is 1. The summed E-state index contributed by atoms with van der Waals surface area (Å²) in [6.45, 7) is 0.425. The minimum Gasteiger partial charge on any atom is -0.408 e. The number of carbonyl (C=O) groups is 1. The molecule has 0 fully saturated rings. The Bertz CT molecular complexity index is 802. The quantitative estimate of drug-likeness (QED) is 0.760. The zero-order valence-electron chi connectivity index (χ0n) is 11.2. The predicted octanol–water partition coefficient (Wildman–Crippen LogP) is 2.43. The lowest BCUT2D eigenvalue weighted by Gasteiger charge is -2.04. The zero-order chi connectivity index (χ0) is 14.7. The average molecular weight is 302 g/mol. The lowest BCUT2D eigenvalue weighted by atomic mass is 10.2. The molecule has 0 atom stereocenters. The third kappa shape index (κ3) is 3.41. The molecule has 0 aliphatic rings. The molecule has 0 saturated carbocycles. The third-order valence-corrected chi connectivity index (χ3v) is 4.09. The number of thiophene rings is 1. The normalized spacial score (nSPS) is 10.9. The minimum atomic E-state index is -0.470. The van der Waals surface area contributed by atoms with E-state index in [0.717, 1.165) is 12.0 Å². The smallest absolute Gasteiger partial charge is 0.408 e. The molecule has 0 spiro atoms. The van der Waals surface area contributed by atoms with Gasteiger partial charge in [-0.2, -0.15) is 0 Å². The molecule has 0 radical (unpaired) electrons. The molecule has 3 rings (SSSR count). The van der Waals surface area contributed by atoms with Gasteiger partial charge >= 0.3 is 5.76 Å². The topological polar surface area (TPSA) is 75.1 Å². The van der Waals surface area contributed by atoms with E-state index in [-0.39, 0.29) is 5.91 Å². The first-order valence-electron chi connectivity index (χ1n) is 6.61. The Morgan fingerprint density at radius 2 is 2.24 bits per heavy atom. The van der Waals surface area contributed by atoms with E-state index >= 15 is 0 Å². The zero-order valence-corrected chi connectivity index (χ0v) is 12.0. The Morgan fingerprint density at radius 3 is 3.05 bits per heavy atom. The van der Waals surface area contributed by atoms with Crippen molar-refractivity contribution in [3.8, 4) is 0 Å². The lowest BCUT2D eigenvalue weighted by Crippen LogP contribution is -2.22. The summed E-state index contributed by atoms with van der Waals surface area (Å²) in [5.74, 6) is -0.457. The molecule has 2 N–H and O–H groups in total. The molecule has 21 heavy (non-hydrogen) atoms. The maximum Gasteiger partial charge on any atom is 0.417 e. The van der Waals surface area contributed by atoms with Crippen molar-refractivity contribution in [2.75, 3.05) is 0 Å². The summed E-state index contributed by atoms with van der Waals surface area (Å²) < 4.78 is 4.99. The van der Waals surface area contributed by atoms with Gasteiger partial charge in [-0.1, -0.05) is 12.1 Å². The molecule has 3 aromatic rings. The Balaban J connectivity index is 1.55. The van der Waals surface area contributed by atoms with Crippen LogP contribution in [0.25, 0.3) is 11.1 Å². The minimum absolute atomic E-state index is 0.0130. The van der Waals surface area contributed by atoms with Crippen molar-refractivity contribution >= 4 is 28.3 Å². The Morgan fingerprint density at radius 1 is 1.33 bits per heavy atom. The number of H-pyrrole nitrogens is 1. The molecule has 108 valence electrons. The molecule has 1 amide bonds. The van der Waals surface area contributed by atoms with Gasteiger partial charge in [0.15, 0.2) is 5.58 Å². The molecule has 0 bridgehead atoms. The molecular weight excluding hydrogens is 288 g/mol. The van der Waals surface area contributed by atoms with Gasteiger partial charge < -0.3 is 9.73 Å². The number of hydrogen-bond acceptors (Lipinski definition) is 4. The first-order valence-corrected chi connectivity index (χ1v) is 7.49. The van der Waals surface area contributed by atoms with Crippen LogP contribution < -0.4 is 11.1 Å². The van der Waals surface area contributed by atoms with Crippen LogP contribution in [0.5, 0.6) is 0 Å². The predicted molar refractivity (Wildman–Crippen MR) is 81.3 cm³/mol. The van der Waals surface area contributed by atoms with Crippen molar-refractivity contribution in [2.24, 2.45) is 0 Å². The van der Waals surface area contributed by atoms with Crippen molar-refractivity contribution in [2.45, 2.75) is 19.4 Å². The van der Waals surface area contributed by atoms with Gasteiger partial charge in [-0.05, 0) is 35.6 Å². The second-order valence-corrected chi connectivity index (χ2v) is 5.73. The molecule has 2 heterocycles. The molecule has 1 aromatic carbocycles. The largest absolute Gasteiger partial charge is 0.417 e. The summed E-state index contributed by atoms with van der Waals surface area (Å²) >= 11 is 1.66. The monoisotopic (exact) mass is 302 g/mol. The number of aromatic nitrogens is 1. The van der Waals surface area contributed by atoms with Crippen molar-refractivity contribution < 1.29 is 9.21 Å². The molecule has 2 aromatic heterocycles. The van der Waals surface area contributed by atoms with Gasteiger partial charge in [0.2, 0.25) is 5.91 Å². The number of benzene rings is 1. The number of rotatable bonds is 5. The summed E-state index contributed by atoms with van der Waals surface area (Å²) in [4.78, 5) is 26.7. The fraction of sp³-hybridized carbons (Fsp3) is 0.200. The van der Waals surface area contributed by atoms with Crippen LogP contribution in [0.15, 0.2) is 44.9 Å². The number of aryl methyl sites for hydroxylation is 1. The van der Waals surface area contributed by atoms with E-state index in [9.17, 15) is 9.59 Å². The summed E-state index contributed by atoms with van der Waals surface area (Å²) in [6.07, 6.45) is 1.23. The van der Waals surface area contributed by atoms with Crippen LogP contribution >= 0.6 is 11.3 Å². The maximum absolute atomic E-state index is 11.8. The molecular formula is C15H14N2O3S. The van der Waals surface area contributed by atoms with E-state index < -0.39 is 5.76 Å². The van der Waals surface area contributed by atoms with Crippen molar-refractivity contribution in [3.05, 3.63) is 56.7 Å². The highest BCUT2D eigenvalue weighted by Gasteiger charge is 2.05. The van der Waals surface area contributed by atoms with E-state index in [2.05, 4.69) is 10.3 Å². The summed E-state index contributed by atoms with van der Waals surface area (Å²) in [5.41, 5.74) is 2.06. The second-order valence-electron chi connectivity index (χ2n) is 4.70. The second kappa shape index (κ2) is 5.97. The van der Waals surface area contributed by atoms with E-state index in [0.29, 0.717) is 24.1 Å². The summed E-state index contributed by atoms with van der Waals surface area (Å²) in [5, 5.41) is 4.88. The van der Waals surface area contributed by atoms with Crippen LogP contribution in [0.2, 0.25) is 0 Å². The number of aromatic amines is 1. The number of fused-ring (bicyclic) bond motifs is 1. The number of hydrogen-bond donors (Lipinski definition) is 2. The first-order chi connectivity index (χ1) is 10.2. The van der Waals surface area contributed by atoms with Crippen LogP contribution in [0.3, 0.4) is 0 Å². The highest BCUT2D eigenvalue weighted by Crippen LogP contribution is 2.13. The van der Waals surface area contributed by atoms with Gasteiger partial charge in [-0.3, -0.25) is 9.78 Å². The molecule has 0 unspecified atom stereocenters. The molecule has 5 nitrogen and oxygen atoms in total. The first kappa shape index (κ1) is 13.6. The molecule has 0 saturated heterocycles. The van der Waals surface area contributed by atoms with Crippen LogP contribution in [0.4, 0.5) is 0 Å². The fourth-order valence-electron chi connectivity index (χ4n) is 2.08. The highest BCUT2D eigenvalue weighted by atomic mass is 32.1. The molecule has 0 aliphatic carbocycles. The van der Waals surface area contributed by atoms with Gasteiger partial charge in [-0.15, -0.1) is 11.3 Å². The van der Waals surface area contributed by atoms with Crippen LogP contribution in [-0.2, 0) is 17.8 Å². The van der Waals surface area contributed by atoms with Gasteiger partial charge in [0.05, 0.1) is 5.52 Å². The Hall–Kier alpha value is -2.34. The van der Waals surface area contributed by atoms with Crippen LogP contribution in [-0.4, -0.2) is 10.9 Å². The number of amides is 1. The van der Waals surface area contributed by atoms with E-state index in [1.807, 2.05) is 23.6 Å². The number of nitrogens with one attached hydrogen (secondary N) is 2. The summed E-state index contributed by atoms with van der Waals surface area (Å²) in [7, 11) is 0. The lowest BCUT2D eigenvalue weighted by molar-refractivity contribution is -0.121. The maximum atomic E-state index is 11.8. The van der Waals surface area contributed by atoms with Crippen molar-refractivity contribution in [1.82, 2.24) is 10.3 Å². The van der Waals surface area contributed by atoms with E-state index in [1.54, 1.807) is 23.5 Å². The molecule has 0 aliphatic heterocycles. The Labute approximate surface area is 124 Å². The third-order valence-electron chi connectivity index (χ3n) is 3.15. The van der Waals surface area contributed by atoms with Crippen molar-refractivity contribution in [3.63, 3.8) is 0 Å². The fourth-order valence-corrected chi connectivity index (χ4v) is 2.79. The van der Waals surface area contributed by atoms with Gasteiger partial charge in [-0.25, -0.2) is 4.79 Å². The van der Waals surface area contributed by atoms with E-state index in [4.69, 9.17) is 4.42 Å². The number of carbonyl (C=O) groups excluding carboxylic acids is 1. The molecule has 6 heteroatoms. The van der Waals surface area contributed by atoms with Gasteiger partial charge in [0.25, 0.3) is 0 Å². The van der Waals surface area contributed by atoms with Gasteiger partial charge in [0.1, 0.15) is 0 Å². The highest BCUT2D eigenvalue weighted by molar-refractivity contribution is 7.09. The SMILES string of the molecule is O=C(CCc1cccs1)NCc1ccc2[nH]c(=O)oc2c1.